The van der Waals surface area contributed by atoms with Gasteiger partial charge in [0.05, 0.1) is 0 Å². The number of rotatable bonds is 5. The lowest BCUT2D eigenvalue weighted by molar-refractivity contribution is 0.339. The maximum absolute atomic E-state index is 3.57. The maximum Gasteiger partial charge on any atom is 0.0320 e. The Kier molecular flexibility index (Phi) is 5.67. The molecule has 1 heterocycles. The summed E-state index contributed by atoms with van der Waals surface area (Å²) < 4.78 is 2.24. The first kappa shape index (κ1) is 14.5. The lowest BCUT2D eigenvalue weighted by atomic mass is 10.1. The van der Waals surface area contributed by atoms with Gasteiger partial charge in [0, 0.05) is 22.0 Å². The van der Waals surface area contributed by atoms with Gasteiger partial charge in [-0.15, -0.1) is 0 Å². The number of halogens is 2. The van der Waals surface area contributed by atoms with Crippen molar-refractivity contribution in [3.05, 3.63) is 32.7 Å². The zero-order chi connectivity index (χ0) is 13.0. The average Bonchev–Trinajstić information content (AvgIpc) is 2.82. The van der Waals surface area contributed by atoms with Crippen LogP contribution in [0.25, 0.3) is 0 Å². The van der Waals surface area contributed by atoms with Gasteiger partial charge in [0.25, 0.3) is 0 Å². The molecule has 1 aromatic rings. The predicted molar refractivity (Wildman–Crippen MR) is 83.8 cm³/mol. The molecule has 1 aromatic carbocycles. The van der Waals surface area contributed by atoms with Crippen LogP contribution in [0.5, 0.6) is 0 Å². The van der Waals surface area contributed by atoms with Gasteiger partial charge in [-0.2, -0.15) is 0 Å². The van der Waals surface area contributed by atoms with Crippen molar-refractivity contribution in [3.8, 4) is 0 Å². The number of nitrogens with one attached hydrogen (secondary N) is 1. The fraction of sp³-hybridized carbons (Fsp3) is 0.571. The average molecular weight is 376 g/mol. The molecule has 100 valence electrons. The molecule has 0 saturated carbocycles. The Morgan fingerprint density at radius 1 is 1.33 bits per heavy atom. The second kappa shape index (κ2) is 7.04. The minimum Gasteiger partial charge on any atom is -0.312 e. The summed E-state index contributed by atoms with van der Waals surface area (Å²) in [7, 11) is 0. The third-order valence-corrected chi connectivity index (χ3v) is 5.44. The summed E-state index contributed by atoms with van der Waals surface area (Å²) in [6, 6.07) is 6.43. The summed E-state index contributed by atoms with van der Waals surface area (Å²) in [5.41, 5.74) is 1.33. The van der Waals surface area contributed by atoms with Gasteiger partial charge in [0.15, 0.2) is 0 Å². The molecule has 1 fully saturated rings. The fourth-order valence-electron chi connectivity index (χ4n) is 2.44. The lowest BCUT2D eigenvalue weighted by Gasteiger charge is -2.14. The molecular formula is C14H20Br2N2. The molecule has 0 spiro atoms. The molecule has 1 unspecified atom stereocenters. The largest absolute Gasteiger partial charge is 0.312 e. The van der Waals surface area contributed by atoms with E-state index in [2.05, 4.69) is 67.2 Å². The van der Waals surface area contributed by atoms with Crippen LogP contribution in [-0.2, 0) is 6.54 Å². The first-order valence-electron chi connectivity index (χ1n) is 6.56. The molecule has 2 nitrogen and oxygen atoms in total. The lowest BCUT2D eigenvalue weighted by Crippen LogP contribution is -2.26. The van der Waals surface area contributed by atoms with Crippen molar-refractivity contribution in [3.63, 3.8) is 0 Å². The van der Waals surface area contributed by atoms with E-state index in [1.807, 2.05) is 0 Å². The van der Waals surface area contributed by atoms with Crippen LogP contribution in [0.2, 0.25) is 0 Å². The Morgan fingerprint density at radius 2 is 2.17 bits per heavy atom. The SMILES string of the molecule is CCN1CCC(CNCc2ccc(Br)c(Br)c2)C1. The highest BCUT2D eigenvalue weighted by atomic mass is 79.9. The van der Waals surface area contributed by atoms with Crippen LogP contribution in [0.15, 0.2) is 27.1 Å². The standard InChI is InChI=1S/C14H20Br2N2/c1-2-18-6-5-12(10-18)9-17-8-11-3-4-13(15)14(16)7-11/h3-4,7,12,17H,2,5-6,8-10H2,1H3. The second-order valence-corrected chi connectivity index (χ2v) is 6.64. The monoisotopic (exact) mass is 374 g/mol. The van der Waals surface area contributed by atoms with Crippen molar-refractivity contribution >= 4 is 31.9 Å². The van der Waals surface area contributed by atoms with E-state index in [0.29, 0.717) is 0 Å². The number of benzene rings is 1. The zero-order valence-corrected chi connectivity index (χ0v) is 13.9. The zero-order valence-electron chi connectivity index (χ0n) is 10.8. The fourth-order valence-corrected chi connectivity index (χ4v) is 3.11. The Balaban J connectivity index is 1.73. The highest BCUT2D eigenvalue weighted by Gasteiger charge is 2.20. The van der Waals surface area contributed by atoms with Crippen molar-refractivity contribution in [1.29, 1.82) is 0 Å². The summed E-state index contributed by atoms with van der Waals surface area (Å²) in [6.07, 6.45) is 1.34. The molecule has 0 radical (unpaired) electrons. The predicted octanol–water partition coefficient (Wildman–Crippen LogP) is 3.64. The minimum atomic E-state index is 0.823. The summed E-state index contributed by atoms with van der Waals surface area (Å²) in [5.74, 6) is 0.823. The molecule has 2 rings (SSSR count). The van der Waals surface area contributed by atoms with E-state index in [4.69, 9.17) is 0 Å². The summed E-state index contributed by atoms with van der Waals surface area (Å²) in [5, 5.41) is 3.57. The van der Waals surface area contributed by atoms with Crippen molar-refractivity contribution in [2.45, 2.75) is 19.9 Å². The Labute approximate surface area is 126 Å². The van der Waals surface area contributed by atoms with Gasteiger partial charge in [0.2, 0.25) is 0 Å². The number of hydrogen-bond donors (Lipinski definition) is 1. The van der Waals surface area contributed by atoms with Crippen LogP contribution in [0, 0.1) is 5.92 Å². The number of likely N-dealkylation sites (tertiary alicyclic amines) is 1. The van der Waals surface area contributed by atoms with Gasteiger partial charge in [-0.1, -0.05) is 13.0 Å². The van der Waals surface area contributed by atoms with E-state index in [-0.39, 0.29) is 0 Å². The van der Waals surface area contributed by atoms with Crippen molar-refractivity contribution in [2.24, 2.45) is 5.92 Å². The molecule has 1 saturated heterocycles. The molecule has 0 bridgehead atoms. The molecule has 1 N–H and O–H groups in total. The van der Waals surface area contributed by atoms with E-state index in [9.17, 15) is 0 Å². The van der Waals surface area contributed by atoms with Gasteiger partial charge in [-0.3, -0.25) is 0 Å². The van der Waals surface area contributed by atoms with Gasteiger partial charge in [-0.05, 0) is 81.5 Å². The Morgan fingerprint density at radius 3 is 2.83 bits per heavy atom. The minimum absolute atomic E-state index is 0.823. The first-order chi connectivity index (χ1) is 8.69. The summed E-state index contributed by atoms with van der Waals surface area (Å²) >= 11 is 7.03. The van der Waals surface area contributed by atoms with Crippen LogP contribution >= 0.6 is 31.9 Å². The van der Waals surface area contributed by atoms with Gasteiger partial charge in [-0.25, -0.2) is 0 Å². The van der Waals surface area contributed by atoms with Crippen molar-refractivity contribution in [2.75, 3.05) is 26.2 Å². The molecule has 1 aliphatic rings. The molecule has 1 aliphatic heterocycles. The van der Waals surface area contributed by atoms with E-state index >= 15 is 0 Å². The smallest absolute Gasteiger partial charge is 0.0320 e. The molecule has 0 aliphatic carbocycles. The molecular weight excluding hydrogens is 356 g/mol. The molecule has 0 amide bonds. The Hall–Kier alpha value is 0.1000. The third kappa shape index (κ3) is 4.05. The Bertz CT molecular complexity index is 395. The van der Waals surface area contributed by atoms with Gasteiger partial charge in [0.1, 0.15) is 0 Å². The van der Waals surface area contributed by atoms with E-state index in [1.165, 1.54) is 31.6 Å². The second-order valence-electron chi connectivity index (χ2n) is 4.93. The van der Waals surface area contributed by atoms with E-state index in [0.717, 1.165) is 28.0 Å². The quantitative estimate of drug-likeness (QED) is 0.844. The summed E-state index contributed by atoms with van der Waals surface area (Å²) in [6.45, 7) is 8.05. The molecule has 18 heavy (non-hydrogen) atoms. The van der Waals surface area contributed by atoms with Crippen LogP contribution in [-0.4, -0.2) is 31.1 Å². The van der Waals surface area contributed by atoms with Crippen LogP contribution in [0.1, 0.15) is 18.9 Å². The summed E-state index contributed by atoms with van der Waals surface area (Å²) in [4.78, 5) is 2.53. The molecule has 1 atom stereocenters. The maximum atomic E-state index is 3.57. The third-order valence-electron chi connectivity index (χ3n) is 3.56. The van der Waals surface area contributed by atoms with Gasteiger partial charge >= 0.3 is 0 Å². The van der Waals surface area contributed by atoms with Crippen LogP contribution in [0.3, 0.4) is 0 Å². The molecule has 0 aromatic heterocycles. The highest BCUT2D eigenvalue weighted by molar-refractivity contribution is 9.13. The van der Waals surface area contributed by atoms with Crippen LogP contribution < -0.4 is 5.32 Å². The van der Waals surface area contributed by atoms with Gasteiger partial charge < -0.3 is 10.2 Å². The van der Waals surface area contributed by atoms with Crippen molar-refractivity contribution < 1.29 is 0 Å². The topological polar surface area (TPSA) is 15.3 Å². The van der Waals surface area contributed by atoms with E-state index < -0.39 is 0 Å². The number of hydrogen-bond acceptors (Lipinski definition) is 2. The molecule has 4 heteroatoms. The van der Waals surface area contributed by atoms with E-state index in [1.54, 1.807) is 0 Å². The normalized spacial score (nSPS) is 20.5. The van der Waals surface area contributed by atoms with Crippen molar-refractivity contribution in [1.82, 2.24) is 10.2 Å². The van der Waals surface area contributed by atoms with Crippen LogP contribution in [0.4, 0.5) is 0 Å². The first-order valence-corrected chi connectivity index (χ1v) is 8.14. The highest BCUT2D eigenvalue weighted by Crippen LogP contribution is 2.23. The number of nitrogens with zero attached hydrogens (tertiary/aromatic N) is 1.